The number of β-amino-alcohol motifs (C(OH)–C–C–N with tert-alkyl or cyclic N) is 1. The van der Waals surface area contributed by atoms with Gasteiger partial charge in [0.05, 0.1) is 6.10 Å². The molecule has 5 heteroatoms. The first-order valence-corrected chi connectivity index (χ1v) is 5.38. The van der Waals surface area contributed by atoms with Crippen LogP contribution in [0.25, 0.3) is 0 Å². The summed E-state index contributed by atoms with van der Waals surface area (Å²) in [4.78, 5) is 0. The summed E-state index contributed by atoms with van der Waals surface area (Å²) in [6.07, 6.45) is 0.413. The van der Waals surface area contributed by atoms with Gasteiger partial charge in [0.25, 0.3) is 0 Å². The first-order chi connectivity index (χ1) is 7.16. The average Bonchev–Trinajstić information content (AvgIpc) is 2.20. The number of halogens is 1. The van der Waals surface area contributed by atoms with Crippen LogP contribution in [-0.2, 0) is 0 Å². The number of nitrogens with zero attached hydrogens (tertiary/aromatic N) is 1. The van der Waals surface area contributed by atoms with E-state index in [1.807, 2.05) is 12.1 Å². The topological polar surface area (TPSA) is 75.2 Å². The van der Waals surface area contributed by atoms with Gasteiger partial charge in [0.1, 0.15) is 5.75 Å². The van der Waals surface area contributed by atoms with Crippen LogP contribution in [-0.4, -0.2) is 39.3 Å². The van der Waals surface area contributed by atoms with Gasteiger partial charge < -0.3 is 15.7 Å². The zero-order valence-electron chi connectivity index (χ0n) is 8.81. The van der Waals surface area contributed by atoms with E-state index in [9.17, 15) is 10.2 Å². The number of piperidine rings is 1. The lowest BCUT2D eigenvalue weighted by molar-refractivity contribution is 0.0867. The summed E-state index contributed by atoms with van der Waals surface area (Å²) in [5.41, 5.74) is 1.06. The number of aromatic hydroxyl groups is 1. The van der Waals surface area contributed by atoms with E-state index in [4.69, 9.17) is 11.8 Å². The number of hydrogen-bond acceptors (Lipinski definition) is 3. The molecule has 4 N–H and O–H groups in total. The van der Waals surface area contributed by atoms with Gasteiger partial charge in [0.2, 0.25) is 0 Å². The van der Waals surface area contributed by atoms with Crippen molar-refractivity contribution in [1.82, 2.24) is 4.42 Å². The van der Waals surface area contributed by atoms with E-state index in [1.165, 1.54) is 0 Å². The van der Waals surface area contributed by atoms with Gasteiger partial charge in [-0.3, -0.25) is 0 Å². The zero-order chi connectivity index (χ0) is 10.8. The van der Waals surface area contributed by atoms with Crippen molar-refractivity contribution in [2.24, 2.45) is 0 Å². The Labute approximate surface area is 99.5 Å². The summed E-state index contributed by atoms with van der Waals surface area (Å²) < 4.78 is 1.61. The van der Waals surface area contributed by atoms with Gasteiger partial charge in [-0.2, -0.15) is 0 Å². The summed E-state index contributed by atoms with van der Waals surface area (Å²) in [5.74, 6) is 0.378. The highest BCUT2D eigenvalue weighted by Crippen LogP contribution is 2.29. The second-order valence-electron chi connectivity index (χ2n) is 3.92. The first-order valence-electron chi connectivity index (χ1n) is 5.04. The molecule has 1 fully saturated rings. The van der Waals surface area contributed by atoms with E-state index >= 15 is 0 Å². The molecule has 0 amide bonds. The maximum Gasteiger partial charge on any atom is 0.115 e. The Bertz CT molecular complexity index is 331. The number of benzene rings is 1. The molecule has 0 radical (unpaired) electrons. The molecule has 0 aliphatic carbocycles. The third-order valence-corrected chi connectivity index (χ3v) is 3.16. The summed E-state index contributed by atoms with van der Waals surface area (Å²) in [7, 11) is 0. The van der Waals surface area contributed by atoms with Crippen molar-refractivity contribution >= 4 is 11.8 Å². The molecule has 0 bridgehead atoms. The molecule has 1 aromatic carbocycles. The quantitative estimate of drug-likeness (QED) is 0.721. The minimum absolute atomic E-state index is 0. The number of phenolic OH excluding ortho intramolecular Hbond substituents is 1. The van der Waals surface area contributed by atoms with E-state index in [1.54, 1.807) is 16.6 Å². The molecule has 0 saturated carbocycles. The maximum atomic E-state index is 9.87. The minimum atomic E-state index is -0.430. The Hall–Kier alpha value is -0.810. The van der Waals surface area contributed by atoms with Gasteiger partial charge in [-0.1, -0.05) is 12.1 Å². The third-order valence-electron chi connectivity index (χ3n) is 2.85. The van der Waals surface area contributed by atoms with Crippen molar-refractivity contribution in [3.8, 4) is 5.75 Å². The lowest BCUT2D eigenvalue weighted by atomic mass is 9.88. The Morgan fingerprint density at radius 2 is 1.88 bits per heavy atom. The second-order valence-corrected chi connectivity index (χ2v) is 4.40. The van der Waals surface area contributed by atoms with Crippen LogP contribution in [0.15, 0.2) is 24.3 Å². The van der Waals surface area contributed by atoms with Crippen molar-refractivity contribution in [3.63, 3.8) is 0 Å². The van der Waals surface area contributed by atoms with E-state index < -0.39 is 6.10 Å². The smallest absolute Gasteiger partial charge is 0.115 e. The molecule has 0 spiro atoms. The molecule has 0 aromatic heterocycles. The molecular formula is C11H16ClNO3. The second kappa shape index (κ2) is 5.50. The van der Waals surface area contributed by atoms with Crippen molar-refractivity contribution in [3.05, 3.63) is 29.8 Å². The van der Waals surface area contributed by atoms with Crippen LogP contribution in [0.3, 0.4) is 0 Å². The number of phenols is 1. The van der Waals surface area contributed by atoms with Crippen molar-refractivity contribution in [2.75, 3.05) is 13.1 Å². The van der Waals surface area contributed by atoms with Crippen molar-refractivity contribution < 1.29 is 15.7 Å². The summed E-state index contributed by atoms with van der Waals surface area (Å²) in [5, 5.41) is 19.0. The SMILES string of the molecule is O.Oc1ccc([C@H]2CCN(Cl)C[C@@H]2O)cc1. The van der Waals surface area contributed by atoms with Crippen LogP contribution in [0, 0.1) is 0 Å². The van der Waals surface area contributed by atoms with E-state index in [-0.39, 0.29) is 17.1 Å². The largest absolute Gasteiger partial charge is 0.508 e. The number of hydrogen-bond donors (Lipinski definition) is 2. The minimum Gasteiger partial charge on any atom is -0.508 e. The Balaban J connectivity index is 0.00000128. The molecule has 1 heterocycles. The van der Waals surface area contributed by atoms with E-state index in [2.05, 4.69) is 0 Å². The fraction of sp³-hybridized carbons (Fsp3) is 0.455. The molecular weight excluding hydrogens is 230 g/mol. The fourth-order valence-corrected chi connectivity index (χ4v) is 2.24. The predicted octanol–water partition coefficient (Wildman–Crippen LogP) is 0.871. The van der Waals surface area contributed by atoms with Gasteiger partial charge in [-0.05, 0) is 35.9 Å². The van der Waals surface area contributed by atoms with Crippen LogP contribution in [0.2, 0.25) is 0 Å². The highest BCUT2D eigenvalue weighted by atomic mass is 35.5. The van der Waals surface area contributed by atoms with Crippen LogP contribution in [0.1, 0.15) is 17.9 Å². The van der Waals surface area contributed by atoms with Crippen molar-refractivity contribution in [2.45, 2.75) is 18.4 Å². The highest BCUT2D eigenvalue weighted by molar-refractivity contribution is 6.13. The lowest BCUT2D eigenvalue weighted by Crippen LogP contribution is -2.37. The molecule has 1 aliphatic rings. The molecule has 4 nitrogen and oxygen atoms in total. The zero-order valence-corrected chi connectivity index (χ0v) is 9.56. The number of aliphatic hydroxyl groups is 1. The van der Waals surface area contributed by atoms with Gasteiger partial charge in [-0.15, -0.1) is 0 Å². The van der Waals surface area contributed by atoms with Crippen LogP contribution >= 0.6 is 11.8 Å². The standard InChI is InChI=1S/C11H14ClNO2.H2O/c12-13-6-5-10(11(15)7-13)8-1-3-9(14)4-2-8;/h1-4,10-11,14-15H,5-7H2;1H2/t10-,11+;/m1./s1. The van der Waals surface area contributed by atoms with Gasteiger partial charge in [-0.25, -0.2) is 4.42 Å². The maximum absolute atomic E-state index is 9.87. The Morgan fingerprint density at radius 3 is 2.44 bits per heavy atom. The summed E-state index contributed by atoms with van der Waals surface area (Å²) in [6.45, 7) is 1.28. The fourth-order valence-electron chi connectivity index (χ4n) is 2.00. The monoisotopic (exact) mass is 245 g/mol. The molecule has 1 aromatic rings. The molecule has 2 rings (SSSR count). The van der Waals surface area contributed by atoms with Crippen LogP contribution < -0.4 is 0 Å². The summed E-state index contributed by atoms with van der Waals surface area (Å²) >= 11 is 5.82. The Kier molecular flexibility index (Phi) is 4.56. The van der Waals surface area contributed by atoms with E-state index in [0.717, 1.165) is 18.5 Å². The molecule has 1 saturated heterocycles. The molecule has 1 aliphatic heterocycles. The molecule has 90 valence electrons. The highest BCUT2D eigenvalue weighted by Gasteiger charge is 2.27. The van der Waals surface area contributed by atoms with E-state index in [0.29, 0.717) is 6.54 Å². The normalized spacial score (nSPS) is 26.1. The average molecular weight is 246 g/mol. The molecule has 2 atom stereocenters. The van der Waals surface area contributed by atoms with Gasteiger partial charge in [0.15, 0.2) is 0 Å². The first kappa shape index (κ1) is 13.3. The summed E-state index contributed by atoms with van der Waals surface area (Å²) in [6, 6.07) is 7.00. The third kappa shape index (κ3) is 2.86. The van der Waals surface area contributed by atoms with Gasteiger partial charge in [0, 0.05) is 19.0 Å². The lowest BCUT2D eigenvalue weighted by Gasteiger charge is -2.32. The van der Waals surface area contributed by atoms with Crippen molar-refractivity contribution in [1.29, 1.82) is 0 Å². The molecule has 0 unspecified atom stereocenters. The number of aliphatic hydroxyl groups excluding tert-OH is 1. The van der Waals surface area contributed by atoms with Crippen LogP contribution in [0.4, 0.5) is 0 Å². The Morgan fingerprint density at radius 1 is 1.25 bits per heavy atom. The predicted molar refractivity (Wildman–Crippen MR) is 62.5 cm³/mol. The number of rotatable bonds is 1. The van der Waals surface area contributed by atoms with Crippen LogP contribution in [0.5, 0.6) is 5.75 Å². The van der Waals surface area contributed by atoms with Gasteiger partial charge >= 0.3 is 0 Å². The molecule has 16 heavy (non-hydrogen) atoms.